The maximum absolute atomic E-state index is 11.4. The number of Topliss-reactive ketones (excluding diaryl/α,β-unsaturated/α-hetero) is 1. The van der Waals surface area contributed by atoms with Crippen LogP contribution >= 0.6 is 11.6 Å². The van der Waals surface area contributed by atoms with Crippen molar-refractivity contribution in [2.45, 2.75) is 12.8 Å². The minimum absolute atomic E-state index is 0.0869. The average Bonchev–Trinajstić information content (AvgIpc) is 2.18. The van der Waals surface area contributed by atoms with Gasteiger partial charge in [0.1, 0.15) is 5.02 Å². The SMILES string of the molecule is O=C(O)CCC(=O)c1c[nH]c(=O)c(Cl)c1. The zero-order valence-corrected chi connectivity index (χ0v) is 8.37. The van der Waals surface area contributed by atoms with Crippen LogP contribution in [0.1, 0.15) is 23.2 Å². The summed E-state index contributed by atoms with van der Waals surface area (Å²) in [5, 5.41) is 8.29. The molecule has 0 aliphatic heterocycles. The molecule has 0 fully saturated rings. The van der Waals surface area contributed by atoms with Crippen LogP contribution in [0.2, 0.25) is 5.02 Å². The van der Waals surface area contributed by atoms with Gasteiger partial charge in [-0.15, -0.1) is 0 Å². The maximum Gasteiger partial charge on any atom is 0.303 e. The van der Waals surface area contributed by atoms with E-state index in [9.17, 15) is 14.4 Å². The van der Waals surface area contributed by atoms with E-state index >= 15 is 0 Å². The molecule has 1 aromatic heterocycles. The third-order valence-corrected chi connectivity index (χ3v) is 2.03. The number of carbonyl (C=O) groups is 2. The van der Waals surface area contributed by atoms with E-state index in [1.807, 2.05) is 0 Å². The van der Waals surface area contributed by atoms with Crippen LogP contribution in [0.4, 0.5) is 0 Å². The molecule has 1 heterocycles. The molecule has 0 saturated carbocycles. The summed E-state index contributed by atoms with van der Waals surface area (Å²) in [5.41, 5.74) is -0.271. The number of aromatic nitrogens is 1. The fourth-order valence-corrected chi connectivity index (χ4v) is 1.15. The van der Waals surface area contributed by atoms with Crippen LogP contribution in [-0.2, 0) is 4.79 Å². The van der Waals surface area contributed by atoms with Gasteiger partial charge in [-0.25, -0.2) is 0 Å². The summed E-state index contributed by atoms with van der Waals surface area (Å²) in [6.45, 7) is 0. The largest absolute Gasteiger partial charge is 0.481 e. The summed E-state index contributed by atoms with van der Waals surface area (Å²) >= 11 is 5.51. The number of halogens is 1. The molecule has 5 nitrogen and oxygen atoms in total. The van der Waals surface area contributed by atoms with Crippen molar-refractivity contribution < 1.29 is 14.7 Å². The minimum atomic E-state index is -1.04. The average molecular weight is 230 g/mol. The van der Waals surface area contributed by atoms with Crippen LogP contribution in [0.5, 0.6) is 0 Å². The number of nitrogens with one attached hydrogen (secondary N) is 1. The van der Waals surface area contributed by atoms with E-state index < -0.39 is 11.5 Å². The van der Waals surface area contributed by atoms with E-state index in [2.05, 4.69) is 4.98 Å². The van der Waals surface area contributed by atoms with Crippen molar-refractivity contribution in [3.05, 3.63) is 33.2 Å². The van der Waals surface area contributed by atoms with Gasteiger partial charge in [-0.2, -0.15) is 0 Å². The van der Waals surface area contributed by atoms with E-state index in [-0.39, 0.29) is 29.2 Å². The van der Waals surface area contributed by atoms with Crippen LogP contribution in [-0.4, -0.2) is 21.8 Å². The van der Waals surface area contributed by atoms with Crippen molar-refractivity contribution in [1.29, 1.82) is 0 Å². The number of hydrogen-bond acceptors (Lipinski definition) is 3. The second-order valence-electron chi connectivity index (χ2n) is 2.88. The molecule has 2 N–H and O–H groups in total. The number of carbonyl (C=O) groups excluding carboxylic acids is 1. The second-order valence-corrected chi connectivity index (χ2v) is 3.29. The van der Waals surface area contributed by atoms with Crippen molar-refractivity contribution in [2.24, 2.45) is 0 Å². The van der Waals surface area contributed by atoms with Crippen LogP contribution in [0, 0.1) is 0 Å². The van der Waals surface area contributed by atoms with Gasteiger partial charge >= 0.3 is 5.97 Å². The summed E-state index contributed by atoms with van der Waals surface area (Å²) in [6.07, 6.45) is 0.867. The lowest BCUT2D eigenvalue weighted by Crippen LogP contribution is -2.10. The van der Waals surface area contributed by atoms with Gasteiger partial charge in [0.15, 0.2) is 5.78 Å². The third-order valence-electron chi connectivity index (χ3n) is 1.75. The van der Waals surface area contributed by atoms with E-state index in [1.54, 1.807) is 0 Å². The quantitative estimate of drug-likeness (QED) is 0.757. The Morgan fingerprint density at radius 1 is 1.40 bits per heavy atom. The lowest BCUT2D eigenvalue weighted by molar-refractivity contribution is -0.136. The summed E-state index contributed by atoms with van der Waals surface area (Å²) in [5.74, 6) is -1.41. The zero-order chi connectivity index (χ0) is 11.4. The lowest BCUT2D eigenvalue weighted by atomic mass is 10.1. The molecule has 1 aromatic rings. The molecule has 0 unspecified atom stereocenters. The predicted octanol–water partition coefficient (Wildman–Crippen LogP) is 1.08. The first-order valence-electron chi connectivity index (χ1n) is 4.14. The highest BCUT2D eigenvalue weighted by Crippen LogP contribution is 2.07. The van der Waals surface area contributed by atoms with Gasteiger partial charge in [-0.1, -0.05) is 11.6 Å². The smallest absolute Gasteiger partial charge is 0.303 e. The van der Waals surface area contributed by atoms with E-state index in [0.29, 0.717) is 0 Å². The number of pyridine rings is 1. The first-order chi connectivity index (χ1) is 7.00. The first kappa shape index (κ1) is 11.5. The molecule has 0 spiro atoms. The van der Waals surface area contributed by atoms with E-state index in [0.717, 1.165) is 0 Å². The predicted molar refractivity (Wildman–Crippen MR) is 53.3 cm³/mol. The molecule has 1 rings (SSSR count). The molecule has 0 radical (unpaired) electrons. The number of rotatable bonds is 4. The Bertz CT molecular complexity index is 452. The summed E-state index contributed by atoms with van der Waals surface area (Å²) in [4.78, 5) is 34.7. The van der Waals surface area contributed by atoms with Gasteiger partial charge in [-0.3, -0.25) is 14.4 Å². The van der Waals surface area contributed by atoms with Gasteiger partial charge in [0.25, 0.3) is 5.56 Å². The van der Waals surface area contributed by atoms with Crippen LogP contribution < -0.4 is 5.56 Å². The Balaban J connectivity index is 2.78. The highest BCUT2D eigenvalue weighted by Gasteiger charge is 2.09. The molecule has 0 amide bonds. The summed E-state index contributed by atoms with van der Waals surface area (Å²) in [6, 6.07) is 1.23. The highest BCUT2D eigenvalue weighted by molar-refractivity contribution is 6.30. The van der Waals surface area contributed by atoms with Crippen molar-refractivity contribution >= 4 is 23.4 Å². The molecule has 0 saturated heterocycles. The van der Waals surface area contributed by atoms with Gasteiger partial charge in [0, 0.05) is 18.2 Å². The lowest BCUT2D eigenvalue weighted by Gasteiger charge is -1.98. The topological polar surface area (TPSA) is 87.2 Å². The number of carboxylic acid groups (broad SMARTS) is 1. The third kappa shape index (κ3) is 3.21. The molecule has 15 heavy (non-hydrogen) atoms. The standard InChI is InChI=1S/C9H8ClNO4/c10-6-3-5(4-11-9(6)15)7(12)1-2-8(13)14/h3-4H,1-2H2,(H,11,15)(H,13,14). The monoisotopic (exact) mass is 229 g/mol. The number of H-pyrrole nitrogens is 1. The number of aliphatic carboxylic acids is 1. The molecule has 0 aromatic carbocycles. The number of ketones is 1. The Morgan fingerprint density at radius 2 is 2.07 bits per heavy atom. The van der Waals surface area contributed by atoms with E-state index in [4.69, 9.17) is 16.7 Å². The number of aromatic amines is 1. The maximum atomic E-state index is 11.4. The van der Waals surface area contributed by atoms with Crippen LogP contribution in [0.25, 0.3) is 0 Å². The van der Waals surface area contributed by atoms with Crippen molar-refractivity contribution in [2.75, 3.05) is 0 Å². The molecule has 80 valence electrons. The van der Waals surface area contributed by atoms with Gasteiger partial charge in [0.05, 0.1) is 6.42 Å². The number of carboxylic acids is 1. The summed E-state index contributed by atoms with van der Waals surface area (Å²) < 4.78 is 0. The van der Waals surface area contributed by atoms with Crippen LogP contribution in [0.15, 0.2) is 17.1 Å². The van der Waals surface area contributed by atoms with Crippen molar-refractivity contribution in [3.63, 3.8) is 0 Å². The number of hydrogen-bond donors (Lipinski definition) is 2. The molecule has 6 heteroatoms. The fourth-order valence-electron chi connectivity index (χ4n) is 0.982. The highest BCUT2D eigenvalue weighted by atomic mass is 35.5. The van der Waals surface area contributed by atoms with Crippen LogP contribution in [0.3, 0.4) is 0 Å². The van der Waals surface area contributed by atoms with Gasteiger partial charge in [0.2, 0.25) is 0 Å². The fraction of sp³-hybridized carbons (Fsp3) is 0.222. The summed E-state index contributed by atoms with van der Waals surface area (Å²) in [7, 11) is 0. The Hall–Kier alpha value is -1.62. The van der Waals surface area contributed by atoms with Crippen molar-refractivity contribution in [1.82, 2.24) is 4.98 Å². The zero-order valence-electron chi connectivity index (χ0n) is 7.62. The second kappa shape index (κ2) is 4.75. The minimum Gasteiger partial charge on any atom is -0.481 e. The Labute approximate surface area is 89.7 Å². The normalized spacial score (nSPS) is 9.93. The molecule has 0 aliphatic carbocycles. The first-order valence-corrected chi connectivity index (χ1v) is 4.51. The molecular formula is C9H8ClNO4. The van der Waals surface area contributed by atoms with E-state index in [1.165, 1.54) is 12.3 Å². The van der Waals surface area contributed by atoms with Gasteiger partial charge < -0.3 is 10.1 Å². The Kier molecular flexibility index (Phi) is 3.62. The molecule has 0 atom stereocenters. The van der Waals surface area contributed by atoms with Crippen molar-refractivity contribution in [3.8, 4) is 0 Å². The molecular weight excluding hydrogens is 222 g/mol. The van der Waals surface area contributed by atoms with Gasteiger partial charge in [-0.05, 0) is 6.07 Å². The Morgan fingerprint density at radius 3 is 2.60 bits per heavy atom. The molecule has 0 bridgehead atoms. The molecule has 0 aliphatic rings.